The summed E-state index contributed by atoms with van der Waals surface area (Å²) in [6.45, 7) is 1.37. The Labute approximate surface area is 178 Å². The smallest absolute Gasteiger partial charge is 0.253 e. The maximum absolute atomic E-state index is 13.0. The second kappa shape index (κ2) is 8.89. The lowest BCUT2D eigenvalue weighted by molar-refractivity contribution is 0.0694. The van der Waals surface area contributed by atoms with E-state index in [0.717, 1.165) is 38.5 Å². The van der Waals surface area contributed by atoms with Gasteiger partial charge in [-0.05, 0) is 49.9 Å². The average molecular weight is 431 g/mol. The van der Waals surface area contributed by atoms with Gasteiger partial charge in [0, 0.05) is 50.2 Å². The molecule has 0 radical (unpaired) electrons. The maximum Gasteiger partial charge on any atom is 0.253 e. The number of aromatic nitrogens is 2. The molecule has 0 unspecified atom stereocenters. The normalized spacial score (nSPS) is 19.3. The number of amides is 1. The molecule has 1 saturated carbocycles. The zero-order valence-electron chi connectivity index (χ0n) is 17.5. The lowest BCUT2D eigenvalue weighted by atomic mass is 9.96. The first kappa shape index (κ1) is 21.1. The summed E-state index contributed by atoms with van der Waals surface area (Å²) < 4.78 is 29.6. The number of imidazole rings is 1. The molecular formula is C22H30N4O3S. The maximum atomic E-state index is 13.0. The van der Waals surface area contributed by atoms with Gasteiger partial charge in [-0.1, -0.05) is 19.3 Å². The summed E-state index contributed by atoms with van der Waals surface area (Å²) in [5.74, 6) is -0.0383. The third-order valence-electron chi connectivity index (χ3n) is 6.57. The molecule has 162 valence electrons. The number of rotatable bonds is 5. The molecule has 1 aromatic heterocycles. The van der Waals surface area contributed by atoms with Crippen molar-refractivity contribution in [1.82, 2.24) is 18.8 Å². The highest BCUT2D eigenvalue weighted by atomic mass is 32.2. The molecule has 1 aromatic carbocycles. The van der Waals surface area contributed by atoms with Gasteiger partial charge < -0.3 is 9.47 Å². The highest BCUT2D eigenvalue weighted by molar-refractivity contribution is 7.89. The Morgan fingerprint density at radius 2 is 1.70 bits per heavy atom. The Bertz CT molecular complexity index is 943. The molecule has 0 atom stereocenters. The van der Waals surface area contributed by atoms with Crippen LogP contribution < -0.4 is 0 Å². The Balaban J connectivity index is 1.40. The van der Waals surface area contributed by atoms with E-state index in [9.17, 15) is 13.2 Å². The van der Waals surface area contributed by atoms with Crippen molar-refractivity contribution in [3.63, 3.8) is 0 Å². The number of piperidine rings is 1. The van der Waals surface area contributed by atoms with Crippen LogP contribution in [0.2, 0.25) is 0 Å². The number of carbonyl (C=O) groups is 1. The minimum atomic E-state index is -3.54. The average Bonchev–Trinajstić information content (AvgIpc) is 3.34. The summed E-state index contributed by atoms with van der Waals surface area (Å²) in [5.41, 5.74) is 0.537. The number of sulfonamides is 1. The van der Waals surface area contributed by atoms with Gasteiger partial charge in [0.1, 0.15) is 0 Å². The topological polar surface area (TPSA) is 75.5 Å². The summed E-state index contributed by atoms with van der Waals surface area (Å²) >= 11 is 0. The van der Waals surface area contributed by atoms with E-state index < -0.39 is 10.0 Å². The Kier molecular flexibility index (Phi) is 6.24. The van der Waals surface area contributed by atoms with Gasteiger partial charge in [-0.2, -0.15) is 4.31 Å². The van der Waals surface area contributed by atoms with E-state index in [1.807, 2.05) is 17.4 Å². The van der Waals surface area contributed by atoms with E-state index in [-0.39, 0.29) is 16.8 Å². The van der Waals surface area contributed by atoms with Crippen LogP contribution in [0, 0.1) is 0 Å². The molecular weight excluding hydrogens is 400 g/mol. The highest BCUT2D eigenvalue weighted by Crippen LogP contribution is 2.27. The molecule has 2 aliphatic rings. The van der Waals surface area contributed by atoms with E-state index >= 15 is 0 Å². The second-order valence-corrected chi connectivity index (χ2v) is 10.4. The van der Waals surface area contributed by atoms with Gasteiger partial charge in [-0.15, -0.1) is 0 Å². The van der Waals surface area contributed by atoms with Crippen LogP contribution in [-0.4, -0.2) is 59.3 Å². The van der Waals surface area contributed by atoms with E-state index in [0.29, 0.717) is 24.7 Å². The fourth-order valence-corrected chi connectivity index (χ4v) is 6.03. The van der Waals surface area contributed by atoms with Crippen molar-refractivity contribution in [3.05, 3.63) is 48.5 Å². The molecule has 30 heavy (non-hydrogen) atoms. The van der Waals surface area contributed by atoms with Crippen molar-refractivity contribution in [3.8, 4) is 0 Å². The van der Waals surface area contributed by atoms with Gasteiger partial charge in [-0.25, -0.2) is 13.4 Å². The molecule has 1 saturated heterocycles. The van der Waals surface area contributed by atoms with Gasteiger partial charge in [0.15, 0.2) is 0 Å². The quantitative estimate of drug-likeness (QED) is 0.729. The predicted octanol–water partition coefficient (Wildman–Crippen LogP) is 3.31. The SMILES string of the molecule is CN(C1CCCCC1)S(=O)(=O)c1ccc(C(=O)N2CCC(n3ccnc3)CC2)cc1. The van der Waals surface area contributed by atoms with Crippen LogP contribution in [0.5, 0.6) is 0 Å². The molecule has 0 bridgehead atoms. The molecule has 8 heteroatoms. The van der Waals surface area contributed by atoms with Crippen LogP contribution in [0.15, 0.2) is 47.9 Å². The van der Waals surface area contributed by atoms with Crippen LogP contribution in [-0.2, 0) is 10.0 Å². The number of hydrogen-bond donors (Lipinski definition) is 0. The third kappa shape index (κ3) is 4.30. The van der Waals surface area contributed by atoms with Crippen LogP contribution in [0.3, 0.4) is 0 Å². The number of likely N-dealkylation sites (tertiary alicyclic amines) is 1. The standard InChI is InChI=1S/C22H30N4O3S/c1-24(19-5-3-2-4-6-19)30(28,29)21-9-7-18(8-10-21)22(27)25-14-11-20(12-15-25)26-16-13-23-17-26/h7-10,13,16-17,19-20H,2-6,11-12,14-15H2,1H3. The molecule has 7 nitrogen and oxygen atoms in total. The van der Waals surface area contributed by atoms with Gasteiger partial charge in [0.05, 0.1) is 11.2 Å². The molecule has 2 aromatic rings. The third-order valence-corrected chi connectivity index (χ3v) is 8.49. The van der Waals surface area contributed by atoms with Crippen molar-refractivity contribution in [2.45, 2.75) is 61.9 Å². The molecule has 1 aliphatic carbocycles. The van der Waals surface area contributed by atoms with Crippen molar-refractivity contribution in [2.75, 3.05) is 20.1 Å². The Morgan fingerprint density at radius 1 is 1.03 bits per heavy atom. The summed E-state index contributed by atoms with van der Waals surface area (Å²) in [7, 11) is -1.86. The molecule has 0 spiro atoms. The lowest BCUT2D eigenvalue weighted by Crippen LogP contribution is -2.39. The van der Waals surface area contributed by atoms with Gasteiger partial charge >= 0.3 is 0 Å². The van der Waals surface area contributed by atoms with E-state index in [1.54, 1.807) is 37.5 Å². The van der Waals surface area contributed by atoms with Crippen LogP contribution in [0.25, 0.3) is 0 Å². The first-order chi connectivity index (χ1) is 14.5. The molecule has 0 N–H and O–H groups in total. The zero-order valence-corrected chi connectivity index (χ0v) is 18.3. The minimum Gasteiger partial charge on any atom is -0.338 e. The predicted molar refractivity (Wildman–Crippen MR) is 115 cm³/mol. The first-order valence-electron chi connectivity index (χ1n) is 10.8. The molecule has 4 rings (SSSR count). The molecule has 2 fully saturated rings. The zero-order chi connectivity index (χ0) is 21.1. The van der Waals surface area contributed by atoms with E-state index in [4.69, 9.17) is 0 Å². The Hall–Kier alpha value is -2.19. The number of benzene rings is 1. The van der Waals surface area contributed by atoms with Gasteiger partial charge in [-0.3, -0.25) is 4.79 Å². The van der Waals surface area contributed by atoms with Crippen molar-refractivity contribution >= 4 is 15.9 Å². The summed E-state index contributed by atoms with van der Waals surface area (Å²) in [4.78, 5) is 19.1. The van der Waals surface area contributed by atoms with E-state index in [2.05, 4.69) is 9.55 Å². The van der Waals surface area contributed by atoms with Crippen molar-refractivity contribution in [1.29, 1.82) is 0 Å². The summed E-state index contributed by atoms with van der Waals surface area (Å²) in [6.07, 6.45) is 12.5. The van der Waals surface area contributed by atoms with Crippen LogP contribution in [0.1, 0.15) is 61.3 Å². The largest absolute Gasteiger partial charge is 0.338 e. The summed E-state index contributed by atoms with van der Waals surface area (Å²) in [5, 5.41) is 0. The Morgan fingerprint density at radius 3 is 2.30 bits per heavy atom. The number of carbonyl (C=O) groups excluding carboxylic acids is 1. The first-order valence-corrected chi connectivity index (χ1v) is 12.3. The fraction of sp³-hybridized carbons (Fsp3) is 0.545. The van der Waals surface area contributed by atoms with Crippen molar-refractivity contribution < 1.29 is 13.2 Å². The van der Waals surface area contributed by atoms with Crippen LogP contribution in [0.4, 0.5) is 0 Å². The highest BCUT2D eigenvalue weighted by Gasteiger charge is 2.29. The number of nitrogens with zero attached hydrogens (tertiary/aromatic N) is 4. The second-order valence-electron chi connectivity index (χ2n) is 8.37. The summed E-state index contributed by atoms with van der Waals surface area (Å²) in [6, 6.07) is 6.87. The fourth-order valence-electron chi connectivity index (χ4n) is 4.61. The molecule has 1 amide bonds. The van der Waals surface area contributed by atoms with Crippen molar-refractivity contribution in [2.24, 2.45) is 0 Å². The van der Waals surface area contributed by atoms with Gasteiger partial charge in [0.25, 0.3) is 5.91 Å². The minimum absolute atomic E-state index is 0.0383. The van der Waals surface area contributed by atoms with Crippen LogP contribution >= 0.6 is 0 Å². The lowest BCUT2D eigenvalue weighted by Gasteiger charge is -2.32. The number of hydrogen-bond acceptors (Lipinski definition) is 4. The van der Waals surface area contributed by atoms with E-state index in [1.165, 1.54) is 10.7 Å². The monoisotopic (exact) mass is 430 g/mol. The molecule has 1 aliphatic heterocycles. The molecule has 2 heterocycles. The van der Waals surface area contributed by atoms with Gasteiger partial charge in [0.2, 0.25) is 10.0 Å².